The predicted octanol–water partition coefficient (Wildman–Crippen LogP) is 1.28. The van der Waals surface area contributed by atoms with Gasteiger partial charge in [0, 0.05) is 45.6 Å². The standard InChI is InChI=1S/C26H29FN6O6/c1-28-21(34)12-37-17-8-16-6-15(7-18(16)19(27)9-17)11-32-4-2-26(3-5-32)14-33(25(36)39-26)20-10-29-24-23(30-20)31-22(35)13-38-24/h8-10,15H,2-7,11-14H2,1H3,(H,28,34)(H,30,31,35). The first-order chi connectivity index (χ1) is 18.8. The van der Waals surface area contributed by atoms with Gasteiger partial charge in [-0.1, -0.05) is 0 Å². The topological polar surface area (TPSA) is 135 Å². The molecule has 1 unspecified atom stereocenters. The van der Waals surface area contributed by atoms with Crippen LogP contribution in [0, 0.1) is 11.7 Å². The number of fused-ring (bicyclic) bond motifs is 2. The number of aromatic nitrogens is 2. The minimum absolute atomic E-state index is 0.122. The van der Waals surface area contributed by atoms with Crippen LogP contribution < -0.4 is 25.0 Å². The Hall–Kier alpha value is -4.00. The molecule has 4 heterocycles. The van der Waals surface area contributed by atoms with Crippen molar-refractivity contribution in [3.05, 3.63) is 35.3 Å². The number of carbonyl (C=O) groups excluding carboxylic acids is 3. The fraction of sp³-hybridized carbons (Fsp3) is 0.500. The van der Waals surface area contributed by atoms with Gasteiger partial charge in [-0.2, -0.15) is 0 Å². The van der Waals surface area contributed by atoms with Crippen LogP contribution in [0.3, 0.4) is 0 Å². The number of hydrogen-bond donors (Lipinski definition) is 2. The quantitative estimate of drug-likeness (QED) is 0.555. The summed E-state index contributed by atoms with van der Waals surface area (Å²) in [5.41, 5.74) is 1.02. The number of nitrogens with one attached hydrogen (secondary N) is 2. The Morgan fingerprint density at radius 1 is 1.28 bits per heavy atom. The van der Waals surface area contributed by atoms with Gasteiger partial charge >= 0.3 is 6.09 Å². The number of halogens is 1. The van der Waals surface area contributed by atoms with Crippen LogP contribution in [-0.4, -0.2) is 84.8 Å². The van der Waals surface area contributed by atoms with Crippen molar-refractivity contribution in [3.63, 3.8) is 0 Å². The van der Waals surface area contributed by atoms with Crippen molar-refractivity contribution in [1.29, 1.82) is 0 Å². The van der Waals surface area contributed by atoms with Crippen molar-refractivity contribution in [2.75, 3.05) is 56.7 Å². The maximum atomic E-state index is 14.8. The lowest BCUT2D eigenvalue weighted by Gasteiger charge is -2.38. The molecule has 1 aromatic heterocycles. The summed E-state index contributed by atoms with van der Waals surface area (Å²) in [5, 5.41) is 5.09. The van der Waals surface area contributed by atoms with Crippen molar-refractivity contribution < 1.29 is 33.0 Å². The minimum atomic E-state index is -0.618. The molecule has 12 nitrogen and oxygen atoms in total. The van der Waals surface area contributed by atoms with Gasteiger partial charge in [0.1, 0.15) is 17.2 Å². The van der Waals surface area contributed by atoms with E-state index in [4.69, 9.17) is 14.2 Å². The van der Waals surface area contributed by atoms with Crippen LogP contribution in [0.1, 0.15) is 24.0 Å². The number of piperidine rings is 1. The molecular weight excluding hydrogens is 511 g/mol. The molecule has 6 rings (SSSR count). The maximum absolute atomic E-state index is 14.8. The number of hydrogen-bond acceptors (Lipinski definition) is 9. The van der Waals surface area contributed by atoms with Crippen molar-refractivity contribution in [3.8, 4) is 11.6 Å². The lowest BCUT2D eigenvalue weighted by atomic mass is 9.90. The van der Waals surface area contributed by atoms with Crippen LogP contribution in [0.5, 0.6) is 11.6 Å². The highest BCUT2D eigenvalue weighted by molar-refractivity contribution is 5.94. The van der Waals surface area contributed by atoms with E-state index in [2.05, 4.69) is 25.5 Å². The Bertz CT molecular complexity index is 1330. The first-order valence-electron chi connectivity index (χ1n) is 13.0. The molecule has 3 aliphatic heterocycles. The van der Waals surface area contributed by atoms with Crippen LogP contribution in [0.25, 0.3) is 0 Å². The number of carbonyl (C=O) groups is 3. The second kappa shape index (κ2) is 9.95. The second-order valence-corrected chi connectivity index (χ2v) is 10.4. The molecule has 2 aromatic rings. The summed E-state index contributed by atoms with van der Waals surface area (Å²) in [7, 11) is 1.52. The van der Waals surface area contributed by atoms with Crippen LogP contribution in [0.4, 0.5) is 20.8 Å². The molecule has 3 amide bonds. The van der Waals surface area contributed by atoms with Crippen molar-refractivity contribution in [1.82, 2.24) is 20.2 Å². The van der Waals surface area contributed by atoms with Crippen LogP contribution >= 0.6 is 0 Å². The summed E-state index contributed by atoms with van der Waals surface area (Å²) in [5.74, 6) is 0.435. The third-order valence-electron chi connectivity index (χ3n) is 7.77. The number of rotatable bonds is 6. The van der Waals surface area contributed by atoms with Gasteiger partial charge in [-0.15, -0.1) is 0 Å². The average molecular weight is 541 g/mol. The second-order valence-electron chi connectivity index (χ2n) is 10.4. The average Bonchev–Trinajstić information content (AvgIpc) is 3.48. The van der Waals surface area contributed by atoms with E-state index in [0.717, 1.165) is 31.6 Å². The first kappa shape index (κ1) is 25.3. The molecule has 2 N–H and O–H groups in total. The number of benzene rings is 1. The third-order valence-corrected chi connectivity index (χ3v) is 7.77. The molecule has 0 radical (unpaired) electrons. The van der Waals surface area contributed by atoms with Gasteiger partial charge in [-0.3, -0.25) is 14.5 Å². The molecule has 39 heavy (non-hydrogen) atoms. The van der Waals surface area contributed by atoms with E-state index in [1.807, 2.05) is 6.07 Å². The van der Waals surface area contributed by atoms with Gasteiger partial charge in [0.25, 0.3) is 17.7 Å². The maximum Gasteiger partial charge on any atom is 0.416 e. The number of amides is 3. The van der Waals surface area contributed by atoms with Crippen molar-refractivity contribution >= 4 is 29.5 Å². The summed E-state index contributed by atoms with van der Waals surface area (Å²) in [6.45, 7) is 2.38. The van der Waals surface area contributed by atoms with E-state index in [1.54, 1.807) is 0 Å². The van der Waals surface area contributed by atoms with Crippen LogP contribution in [-0.2, 0) is 27.2 Å². The van der Waals surface area contributed by atoms with Gasteiger partial charge in [0.15, 0.2) is 24.8 Å². The summed E-state index contributed by atoms with van der Waals surface area (Å²) < 4.78 is 31.3. The summed E-state index contributed by atoms with van der Waals surface area (Å²) in [6, 6.07) is 3.18. The molecule has 0 bridgehead atoms. The highest BCUT2D eigenvalue weighted by Crippen LogP contribution is 2.38. The van der Waals surface area contributed by atoms with E-state index in [-0.39, 0.29) is 48.5 Å². The summed E-state index contributed by atoms with van der Waals surface area (Å²) in [6.07, 6.45) is 3.68. The van der Waals surface area contributed by atoms with Crippen LogP contribution in [0.2, 0.25) is 0 Å². The number of nitrogens with zero attached hydrogens (tertiary/aromatic N) is 4. The number of ether oxygens (including phenoxy) is 3. The molecule has 0 saturated carbocycles. The van der Waals surface area contributed by atoms with E-state index in [1.165, 1.54) is 24.2 Å². The Kier molecular flexibility index (Phi) is 6.45. The number of likely N-dealkylation sites (tertiary alicyclic amines) is 1. The highest BCUT2D eigenvalue weighted by atomic mass is 19.1. The number of anilines is 2. The SMILES string of the molecule is CNC(=O)COc1cc(F)c2c(c1)CC(CN1CCC3(CC1)CN(c1cnc4c(n1)NC(=O)CO4)C(=O)O3)C2. The number of likely N-dealkylation sites (N-methyl/N-ethyl adjacent to an activating group) is 1. The fourth-order valence-electron chi connectivity index (χ4n) is 5.74. The highest BCUT2D eigenvalue weighted by Gasteiger charge is 2.48. The minimum Gasteiger partial charge on any atom is -0.484 e. The fourth-order valence-corrected chi connectivity index (χ4v) is 5.74. The Morgan fingerprint density at radius 2 is 2.10 bits per heavy atom. The van der Waals surface area contributed by atoms with Crippen molar-refractivity contribution in [2.24, 2.45) is 5.92 Å². The third kappa shape index (κ3) is 5.05. The summed E-state index contributed by atoms with van der Waals surface area (Å²) >= 11 is 0. The molecule has 13 heteroatoms. The van der Waals surface area contributed by atoms with E-state index in [9.17, 15) is 18.8 Å². The van der Waals surface area contributed by atoms with Crippen molar-refractivity contribution in [2.45, 2.75) is 31.3 Å². The Morgan fingerprint density at radius 3 is 2.90 bits per heavy atom. The molecule has 1 aromatic carbocycles. The van der Waals surface area contributed by atoms with Gasteiger partial charge in [0.05, 0.1) is 12.7 Å². The Labute approximate surface area is 223 Å². The zero-order valence-electron chi connectivity index (χ0n) is 21.5. The molecule has 1 spiro atoms. The molecule has 2 saturated heterocycles. The molecular formula is C26H29FN6O6. The largest absolute Gasteiger partial charge is 0.484 e. The molecule has 1 aliphatic carbocycles. The molecule has 206 valence electrons. The zero-order valence-corrected chi connectivity index (χ0v) is 21.5. The monoisotopic (exact) mass is 540 g/mol. The first-order valence-corrected chi connectivity index (χ1v) is 13.0. The molecule has 1 atom stereocenters. The zero-order chi connectivity index (χ0) is 27.1. The van der Waals surface area contributed by atoms with E-state index >= 15 is 0 Å². The summed E-state index contributed by atoms with van der Waals surface area (Å²) in [4.78, 5) is 48.2. The smallest absolute Gasteiger partial charge is 0.416 e. The normalized spacial score (nSPS) is 21.6. The lowest BCUT2D eigenvalue weighted by Crippen LogP contribution is -2.48. The lowest BCUT2D eigenvalue weighted by molar-refractivity contribution is -0.122. The van der Waals surface area contributed by atoms with Gasteiger partial charge in [0.2, 0.25) is 0 Å². The van der Waals surface area contributed by atoms with E-state index < -0.39 is 11.7 Å². The van der Waals surface area contributed by atoms with E-state index in [0.29, 0.717) is 42.9 Å². The van der Waals surface area contributed by atoms with Gasteiger partial charge < -0.3 is 29.7 Å². The predicted molar refractivity (Wildman–Crippen MR) is 135 cm³/mol. The molecule has 4 aliphatic rings. The van der Waals surface area contributed by atoms with Gasteiger partial charge in [-0.05, 0) is 36.0 Å². The van der Waals surface area contributed by atoms with Crippen LogP contribution in [0.15, 0.2) is 18.3 Å². The molecule has 2 fully saturated rings. The Balaban J connectivity index is 1.04. The van der Waals surface area contributed by atoms with Gasteiger partial charge in [-0.25, -0.2) is 19.2 Å².